The van der Waals surface area contributed by atoms with Crippen molar-refractivity contribution in [1.82, 2.24) is 9.88 Å². The van der Waals surface area contributed by atoms with E-state index in [9.17, 15) is 0 Å². The summed E-state index contributed by atoms with van der Waals surface area (Å²) in [6, 6.07) is 12.8. The fourth-order valence-electron chi connectivity index (χ4n) is 1.99. The van der Waals surface area contributed by atoms with Gasteiger partial charge in [-0.3, -0.25) is 0 Å². The normalized spacial score (nSPS) is 10.7. The van der Waals surface area contributed by atoms with Crippen LogP contribution in [-0.2, 0) is 13.1 Å². The van der Waals surface area contributed by atoms with E-state index in [0.717, 1.165) is 19.6 Å². The second kappa shape index (κ2) is 5.69. The first-order chi connectivity index (χ1) is 8.31. The Hall–Kier alpha value is -1.54. The van der Waals surface area contributed by atoms with Crippen molar-refractivity contribution in [3.8, 4) is 0 Å². The molecule has 90 valence electrons. The Labute approximate surface area is 103 Å². The largest absolute Gasteiger partial charge is 0.347 e. The highest BCUT2D eigenvalue weighted by molar-refractivity contribution is 5.23. The Kier molecular flexibility index (Phi) is 3.99. The maximum absolute atomic E-state index is 3.37. The van der Waals surface area contributed by atoms with Crippen LogP contribution in [-0.4, -0.2) is 11.1 Å². The van der Waals surface area contributed by atoms with Crippen LogP contribution >= 0.6 is 0 Å². The molecule has 2 rings (SSSR count). The topological polar surface area (TPSA) is 17.0 Å². The highest BCUT2D eigenvalue weighted by atomic mass is 15.0. The van der Waals surface area contributed by atoms with Gasteiger partial charge in [0, 0.05) is 25.0 Å². The zero-order valence-electron chi connectivity index (χ0n) is 10.6. The number of nitrogens with one attached hydrogen (secondary N) is 1. The van der Waals surface area contributed by atoms with Crippen molar-refractivity contribution >= 4 is 0 Å². The van der Waals surface area contributed by atoms with E-state index >= 15 is 0 Å². The Morgan fingerprint density at radius 3 is 2.59 bits per heavy atom. The molecular weight excluding hydrogens is 208 g/mol. The molecule has 17 heavy (non-hydrogen) atoms. The van der Waals surface area contributed by atoms with Gasteiger partial charge in [0.2, 0.25) is 0 Å². The lowest BCUT2D eigenvalue weighted by atomic mass is 10.2. The lowest BCUT2D eigenvalue weighted by Crippen LogP contribution is -2.12. The van der Waals surface area contributed by atoms with Crippen LogP contribution in [0, 0.1) is 6.92 Å². The molecule has 0 aliphatic rings. The van der Waals surface area contributed by atoms with Gasteiger partial charge in [-0.05, 0) is 30.7 Å². The first-order valence-corrected chi connectivity index (χ1v) is 6.20. The highest BCUT2D eigenvalue weighted by Gasteiger charge is 2.04. The Balaban J connectivity index is 2.09. The van der Waals surface area contributed by atoms with Gasteiger partial charge in [0.05, 0.1) is 0 Å². The van der Waals surface area contributed by atoms with E-state index in [1.54, 1.807) is 0 Å². The van der Waals surface area contributed by atoms with Gasteiger partial charge in [0.25, 0.3) is 0 Å². The summed E-state index contributed by atoms with van der Waals surface area (Å²) in [7, 11) is 0. The number of rotatable bonds is 5. The summed E-state index contributed by atoms with van der Waals surface area (Å²) in [5.41, 5.74) is 4.10. The molecule has 2 aromatic rings. The van der Waals surface area contributed by atoms with E-state index in [4.69, 9.17) is 0 Å². The average Bonchev–Trinajstić information content (AvgIpc) is 2.70. The molecule has 2 nitrogen and oxygen atoms in total. The third-order valence-electron chi connectivity index (χ3n) is 3.11. The molecule has 0 bridgehead atoms. The number of hydrogen-bond donors (Lipinski definition) is 1. The van der Waals surface area contributed by atoms with E-state index in [0.29, 0.717) is 0 Å². The molecule has 1 aromatic heterocycles. The summed E-state index contributed by atoms with van der Waals surface area (Å²) in [4.78, 5) is 0. The third kappa shape index (κ3) is 2.98. The zero-order chi connectivity index (χ0) is 12.1. The number of hydrogen-bond acceptors (Lipinski definition) is 1. The number of nitrogens with zero attached hydrogens (tertiary/aromatic N) is 1. The smallest absolute Gasteiger partial charge is 0.0472 e. The average molecular weight is 228 g/mol. The van der Waals surface area contributed by atoms with Gasteiger partial charge in [0.1, 0.15) is 0 Å². The van der Waals surface area contributed by atoms with Crippen LogP contribution < -0.4 is 5.32 Å². The predicted octanol–water partition coefficient (Wildman–Crippen LogP) is 2.95. The van der Waals surface area contributed by atoms with Crippen LogP contribution in [0.4, 0.5) is 0 Å². The fourth-order valence-corrected chi connectivity index (χ4v) is 1.99. The molecule has 1 heterocycles. The summed E-state index contributed by atoms with van der Waals surface area (Å²) in [6.07, 6.45) is 2.18. The summed E-state index contributed by atoms with van der Waals surface area (Å²) < 4.78 is 2.31. The molecule has 0 aliphatic carbocycles. The Morgan fingerprint density at radius 1 is 1.12 bits per heavy atom. The maximum atomic E-state index is 3.37. The quantitative estimate of drug-likeness (QED) is 0.832. The number of benzene rings is 1. The van der Waals surface area contributed by atoms with Crippen molar-refractivity contribution in [2.24, 2.45) is 0 Å². The fraction of sp³-hybridized carbons (Fsp3) is 0.333. The first kappa shape index (κ1) is 11.9. The van der Waals surface area contributed by atoms with Crippen molar-refractivity contribution in [3.63, 3.8) is 0 Å². The van der Waals surface area contributed by atoms with E-state index in [1.165, 1.54) is 16.8 Å². The van der Waals surface area contributed by atoms with E-state index in [2.05, 4.69) is 66.3 Å². The summed E-state index contributed by atoms with van der Waals surface area (Å²) in [6.45, 7) is 7.26. The summed E-state index contributed by atoms with van der Waals surface area (Å²) >= 11 is 0. The monoisotopic (exact) mass is 228 g/mol. The molecule has 0 amide bonds. The van der Waals surface area contributed by atoms with Gasteiger partial charge in [-0.1, -0.05) is 37.3 Å². The van der Waals surface area contributed by atoms with Crippen molar-refractivity contribution in [2.75, 3.05) is 6.54 Å². The molecule has 0 radical (unpaired) electrons. The predicted molar refractivity (Wildman–Crippen MR) is 72.1 cm³/mol. The standard InChI is InChI=1S/C15H20N2/c1-3-16-11-15-9-10-17(13(15)2)12-14-7-5-4-6-8-14/h4-10,16H,3,11-12H2,1-2H3. The van der Waals surface area contributed by atoms with Crippen LogP contribution in [0.2, 0.25) is 0 Å². The number of aromatic nitrogens is 1. The molecule has 0 atom stereocenters. The molecule has 0 aliphatic heterocycles. The third-order valence-corrected chi connectivity index (χ3v) is 3.11. The Morgan fingerprint density at radius 2 is 1.88 bits per heavy atom. The lowest BCUT2D eigenvalue weighted by molar-refractivity contribution is 0.710. The second-order valence-electron chi connectivity index (χ2n) is 4.32. The molecule has 1 aromatic carbocycles. The summed E-state index contributed by atoms with van der Waals surface area (Å²) in [5.74, 6) is 0. The maximum Gasteiger partial charge on any atom is 0.0472 e. The molecule has 0 unspecified atom stereocenters. The highest BCUT2D eigenvalue weighted by Crippen LogP contribution is 2.12. The van der Waals surface area contributed by atoms with Crippen molar-refractivity contribution in [1.29, 1.82) is 0 Å². The van der Waals surface area contributed by atoms with Crippen molar-refractivity contribution in [3.05, 3.63) is 59.4 Å². The van der Waals surface area contributed by atoms with Crippen molar-refractivity contribution in [2.45, 2.75) is 26.9 Å². The zero-order valence-corrected chi connectivity index (χ0v) is 10.6. The minimum atomic E-state index is 0.957. The Bertz CT molecular complexity index is 457. The lowest BCUT2D eigenvalue weighted by Gasteiger charge is -2.08. The van der Waals surface area contributed by atoms with Crippen LogP contribution in [0.15, 0.2) is 42.6 Å². The van der Waals surface area contributed by atoms with Gasteiger partial charge >= 0.3 is 0 Å². The van der Waals surface area contributed by atoms with E-state index < -0.39 is 0 Å². The van der Waals surface area contributed by atoms with Crippen LogP contribution in [0.5, 0.6) is 0 Å². The second-order valence-corrected chi connectivity index (χ2v) is 4.32. The van der Waals surface area contributed by atoms with Crippen LogP contribution in [0.1, 0.15) is 23.7 Å². The minimum Gasteiger partial charge on any atom is -0.347 e. The van der Waals surface area contributed by atoms with Gasteiger partial charge in [-0.15, -0.1) is 0 Å². The molecule has 2 heteroatoms. The molecule has 0 saturated heterocycles. The molecule has 1 N–H and O–H groups in total. The molecular formula is C15H20N2. The minimum absolute atomic E-state index is 0.957. The van der Waals surface area contributed by atoms with Crippen LogP contribution in [0.25, 0.3) is 0 Å². The van der Waals surface area contributed by atoms with Gasteiger partial charge in [-0.2, -0.15) is 0 Å². The van der Waals surface area contributed by atoms with Gasteiger partial charge in [-0.25, -0.2) is 0 Å². The van der Waals surface area contributed by atoms with Crippen LogP contribution in [0.3, 0.4) is 0 Å². The molecule has 0 spiro atoms. The van der Waals surface area contributed by atoms with Gasteiger partial charge in [0.15, 0.2) is 0 Å². The van der Waals surface area contributed by atoms with E-state index in [-0.39, 0.29) is 0 Å². The first-order valence-electron chi connectivity index (χ1n) is 6.20. The summed E-state index contributed by atoms with van der Waals surface area (Å²) in [5, 5.41) is 3.37. The van der Waals surface area contributed by atoms with E-state index in [1.807, 2.05) is 0 Å². The van der Waals surface area contributed by atoms with Gasteiger partial charge < -0.3 is 9.88 Å². The SMILES string of the molecule is CCNCc1ccn(Cc2ccccc2)c1C. The van der Waals surface area contributed by atoms with Crippen molar-refractivity contribution < 1.29 is 0 Å². The molecule has 0 saturated carbocycles. The molecule has 0 fully saturated rings.